The number of fused-ring (bicyclic) bond motifs is 1. The highest BCUT2D eigenvalue weighted by Crippen LogP contribution is 2.31. The lowest BCUT2D eigenvalue weighted by Gasteiger charge is -2.22. The number of benzene rings is 1. The molecule has 0 spiro atoms. The van der Waals surface area contributed by atoms with Crippen LogP contribution in [0.1, 0.15) is 23.4 Å². The van der Waals surface area contributed by atoms with E-state index in [0.29, 0.717) is 34.5 Å². The Kier molecular flexibility index (Phi) is 5.91. The summed E-state index contributed by atoms with van der Waals surface area (Å²) in [5.74, 6) is 1.74. The highest BCUT2D eigenvalue weighted by Gasteiger charge is 2.41. The van der Waals surface area contributed by atoms with E-state index in [1.165, 1.54) is 0 Å². The van der Waals surface area contributed by atoms with Crippen molar-refractivity contribution >= 4 is 17.4 Å². The van der Waals surface area contributed by atoms with E-state index in [0.717, 1.165) is 51.4 Å². The van der Waals surface area contributed by atoms with Crippen LogP contribution in [0.2, 0.25) is 0 Å². The Morgan fingerprint density at radius 2 is 1.90 bits per heavy atom. The number of carbonyl (C=O) groups excluding carboxylic acids is 1. The number of nitriles is 1. The first-order valence-corrected chi connectivity index (χ1v) is 10.5. The van der Waals surface area contributed by atoms with Gasteiger partial charge in [-0.25, -0.2) is 4.79 Å². The van der Waals surface area contributed by atoms with E-state index in [4.69, 9.17) is 9.78 Å². The molecule has 0 radical (unpaired) electrons. The minimum Gasteiger partial charge on any atom is -0.385 e. The quantitative estimate of drug-likeness (QED) is 0.713. The summed E-state index contributed by atoms with van der Waals surface area (Å²) < 4.78 is 5.12. The zero-order chi connectivity index (χ0) is 21.1. The van der Waals surface area contributed by atoms with Gasteiger partial charge in [-0.05, 0) is 62.9 Å². The summed E-state index contributed by atoms with van der Waals surface area (Å²) in [6, 6.07) is 9.63. The van der Waals surface area contributed by atoms with Gasteiger partial charge >= 0.3 is 6.03 Å². The highest BCUT2D eigenvalue weighted by atomic mass is 16.5. The summed E-state index contributed by atoms with van der Waals surface area (Å²) in [5, 5.41) is 19.1. The van der Waals surface area contributed by atoms with E-state index in [9.17, 15) is 4.79 Å². The lowest BCUT2D eigenvalue weighted by Crippen LogP contribution is -2.36. The van der Waals surface area contributed by atoms with Gasteiger partial charge in [-0.15, -0.1) is 0 Å². The minimum atomic E-state index is -0.0584. The predicted molar refractivity (Wildman–Crippen MR) is 114 cm³/mol. The molecule has 1 aromatic carbocycles. The van der Waals surface area contributed by atoms with Crippen LogP contribution in [0.4, 0.5) is 16.2 Å². The van der Waals surface area contributed by atoms with Crippen molar-refractivity contribution in [2.75, 3.05) is 49.9 Å². The van der Waals surface area contributed by atoms with E-state index < -0.39 is 0 Å². The summed E-state index contributed by atoms with van der Waals surface area (Å²) in [7, 11) is 0. The average molecular weight is 409 g/mol. The number of rotatable bonds is 6. The van der Waals surface area contributed by atoms with Crippen LogP contribution in [-0.2, 0) is 0 Å². The SMILES string of the molecule is Cc1noc(C)c1NC(=O)N1CC2CN(CCCNc3ccc(C#N)cc3)CC2C1. The molecule has 4 rings (SSSR count). The van der Waals surface area contributed by atoms with Gasteiger partial charge in [-0.3, -0.25) is 0 Å². The normalized spacial score (nSPS) is 20.8. The van der Waals surface area contributed by atoms with Gasteiger partial charge in [0.2, 0.25) is 0 Å². The van der Waals surface area contributed by atoms with Gasteiger partial charge in [0.05, 0.1) is 11.6 Å². The molecule has 3 heterocycles. The fourth-order valence-corrected chi connectivity index (χ4v) is 4.48. The number of hydrogen-bond donors (Lipinski definition) is 2. The first-order valence-electron chi connectivity index (χ1n) is 10.5. The molecule has 158 valence electrons. The third-order valence-electron chi connectivity index (χ3n) is 6.11. The number of hydrogen-bond acceptors (Lipinski definition) is 6. The molecule has 2 aliphatic rings. The molecule has 2 N–H and O–H groups in total. The van der Waals surface area contributed by atoms with Gasteiger partial charge in [0.1, 0.15) is 11.4 Å². The number of amides is 2. The van der Waals surface area contributed by atoms with Gasteiger partial charge in [0.15, 0.2) is 5.76 Å². The molecule has 2 fully saturated rings. The van der Waals surface area contributed by atoms with Gasteiger partial charge in [-0.2, -0.15) is 5.26 Å². The molecular formula is C22H28N6O2. The number of carbonyl (C=O) groups is 1. The highest BCUT2D eigenvalue weighted by molar-refractivity contribution is 5.90. The number of urea groups is 1. The molecule has 30 heavy (non-hydrogen) atoms. The van der Waals surface area contributed by atoms with Crippen molar-refractivity contribution in [3.63, 3.8) is 0 Å². The smallest absolute Gasteiger partial charge is 0.322 e. The molecular weight excluding hydrogens is 380 g/mol. The van der Waals surface area contributed by atoms with Gasteiger partial charge in [0.25, 0.3) is 0 Å². The molecule has 2 saturated heterocycles. The maximum atomic E-state index is 12.6. The van der Waals surface area contributed by atoms with Crippen molar-refractivity contribution < 1.29 is 9.32 Å². The average Bonchev–Trinajstić information content (AvgIpc) is 3.41. The first kappa shape index (κ1) is 20.2. The van der Waals surface area contributed by atoms with Gasteiger partial charge in [0, 0.05) is 38.4 Å². The zero-order valence-electron chi connectivity index (χ0n) is 17.5. The van der Waals surface area contributed by atoms with Crippen LogP contribution >= 0.6 is 0 Å². The minimum absolute atomic E-state index is 0.0584. The zero-order valence-corrected chi connectivity index (χ0v) is 17.5. The van der Waals surface area contributed by atoms with Crippen molar-refractivity contribution in [3.8, 4) is 6.07 Å². The van der Waals surface area contributed by atoms with Crippen LogP contribution in [0, 0.1) is 37.0 Å². The second kappa shape index (κ2) is 8.76. The van der Waals surface area contributed by atoms with Crippen LogP contribution in [0.3, 0.4) is 0 Å². The second-order valence-corrected chi connectivity index (χ2v) is 8.28. The number of anilines is 2. The topological polar surface area (TPSA) is 97.4 Å². The third kappa shape index (κ3) is 4.41. The van der Waals surface area contributed by atoms with Crippen LogP contribution in [-0.4, -0.2) is 60.3 Å². The summed E-state index contributed by atoms with van der Waals surface area (Å²) in [6.07, 6.45) is 1.07. The Balaban J connectivity index is 1.17. The summed E-state index contributed by atoms with van der Waals surface area (Å²) >= 11 is 0. The molecule has 0 bridgehead atoms. The molecule has 2 aliphatic heterocycles. The van der Waals surface area contributed by atoms with Crippen molar-refractivity contribution in [3.05, 3.63) is 41.3 Å². The molecule has 2 aromatic rings. The number of likely N-dealkylation sites (tertiary alicyclic amines) is 2. The largest absolute Gasteiger partial charge is 0.385 e. The summed E-state index contributed by atoms with van der Waals surface area (Å²) in [5.41, 5.74) is 3.13. The van der Waals surface area contributed by atoms with Crippen LogP contribution in [0.5, 0.6) is 0 Å². The fraction of sp³-hybridized carbons (Fsp3) is 0.500. The predicted octanol–water partition coefficient (Wildman–Crippen LogP) is 3.06. The fourth-order valence-electron chi connectivity index (χ4n) is 4.48. The van der Waals surface area contributed by atoms with Crippen LogP contribution in [0.25, 0.3) is 0 Å². The molecule has 8 heteroatoms. The maximum Gasteiger partial charge on any atom is 0.322 e. The monoisotopic (exact) mass is 408 g/mol. The van der Waals surface area contributed by atoms with E-state index in [2.05, 4.69) is 26.8 Å². The van der Waals surface area contributed by atoms with E-state index >= 15 is 0 Å². The number of aryl methyl sites for hydroxylation is 2. The standard InChI is InChI=1S/C22H28N6O2/c1-15-21(16(2)30-26-15)25-22(29)28-13-18-11-27(12-19(18)14-28)9-3-8-24-20-6-4-17(10-23)5-7-20/h4-7,18-19,24H,3,8-9,11-14H2,1-2H3,(H,25,29). The lowest BCUT2D eigenvalue weighted by molar-refractivity contribution is 0.212. The molecule has 2 unspecified atom stereocenters. The van der Waals surface area contributed by atoms with Crippen molar-refractivity contribution in [1.82, 2.24) is 15.0 Å². The summed E-state index contributed by atoms with van der Waals surface area (Å²) in [4.78, 5) is 17.1. The van der Waals surface area contributed by atoms with E-state index in [1.54, 1.807) is 0 Å². The van der Waals surface area contributed by atoms with Gasteiger partial charge < -0.3 is 25.0 Å². The summed E-state index contributed by atoms with van der Waals surface area (Å²) in [6.45, 7) is 9.32. The van der Waals surface area contributed by atoms with E-state index in [1.807, 2.05) is 43.0 Å². The third-order valence-corrected chi connectivity index (χ3v) is 6.11. The van der Waals surface area contributed by atoms with Crippen LogP contribution in [0.15, 0.2) is 28.8 Å². The van der Waals surface area contributed by atoms with Crippen molar-refractivity contribution in [1.29, 1.82) is 5.26 Å². The molecule has 2 atom stereocenters. The van der Waals surface area contributed by atoms with Crippen LogP contribution < -0.4 is 10.6 Å². The van der Waals surface area contributed by atoms with Crippen molar-refractivity contribution in [2.24, 2.45) is 11.8 Å². The number of aromatic nitrogens is 1. The molecule has 0 saturated carbocycles. The lowest BCUT2D eigenvalue weighted by atomic mass is 10.0. The Hall–Kier alpha value is -3.05. The molecule has 2 amide bonds. The Bertz CT molecular complexity index is 899. The number of nitrogens with one attached hydrogen (secondary N) is 2. The molecule has 1 aromatic heterocycles. The first-order chi connectivity index (χ1) is 14.5. The number of nitrogens with zero attached hydrogens (tertiary/aromatic N) is 4. The maximum absolute atomic E-state index is 12.6. The second-order valence-electron chi connectivity index (χ2n) is 8.28. The molecule has 0 aliphatic carbocycles. The van der Waals surface area contributed by atoms with Gasteiger partial charge in [-0.1, -0.05) is 5.16 Å². The Labute approximate surface area is 176 Å². The van der Waals surface area contributed by atoms with E-state index in [-0.39, 0.29) is 6.03 Å². The Morgan fingerprint density at radius 1 is 1.20 bits per heavy atom. The molecule has 8 nitrogen and oxygen atoms in total. The Morgan fingerprint density at radius 3 is 2.50 bits per heavy atom. The van der Waals surface area contributed by atoms with Crippen molar-refractivity contribution in [2.45, 2.75) is 20.3 Å².